The third kappa shape index (κ3) is 5.21. The average molecular weight is 332 g/mol. The van der Waals surface area contributed by atoms with Crippen LogP contribution in [0.1, 0.15) is 12.8 Å². The molecule has 7 nitrogen and oxygen atoms in total. The number of carbonyl (C=O) groups excluding carboxylic acids is 2. The number of rotatable bonds is 6. The van der Waals surface area contributed by atoms with E-state index in [1.165, 1.54) is 0 Å². The van der Waals surface area contributed by atoms with E-state index in [1.54, 1.807) is 24.3 Å². The molecule has 3 amide bonds. The predicted octanol–water partition coefficient (Wildman–Crippen LogP) is 1.49. The number of hydrogen-bond acceptors (Lipinski definition) is 4. The van der Waals surface area contributed by atoms with Gasteiger partial charge in [0.15, 0.2) is 0 Å². The molecule has 2 aliphatic rings. The molecule has 0 atom stereocenters. The fourth-order valence-electron chi connectivity index (χ4n) is 2.55. The minimum atomic E-state index is -0.224. The monoisotopic (exact) mass is 332 g/mol. The maximum Gasteiger partial charge on any atom is 0.319 e. The summed E-state index contributed by atoms with van der Waals surface area (Å²) >= 11 is 0. The van der Waals surface area contributed by atoms with Crippen LogP contribution in [0.15, 0.2) is 24.3 Å². The Morgan fingerprint density at radius 2 is 1.67 bits per heavy atom. The lowest BCUT2D eigenvalue weighted by Crippen LogP contribution is -2.42. The molecule has 2 fully saturated rings. The smallest absolute Gasteiger partial charge is 0.319 e. The normalized spacial score (nSPS) is 18.0. The van der Waals surface area contributed by atoms with E-state index < -0.39 is 0 Å². The third-order valence-corrected chi connectivity index (χ3v) is 4.18. The second-order valence-corrected chi connectivity index (χ2v) is 6.18. The first-order chi connectivity index (χ1) is 11.7. The van der Waals surface area contributed by atoms with Crippen LogP contribution in [0.4, 0.5) is 16.2 Å². The molecule has 1 aromatic rings. The Kier molecular flexibility index (Phi) is 5.66. The lowest BCUT2D eigenvalue weighted by atomic mass is 10.2. The van der Waals surface area contributed by atoms with Crippen molar-refractivity contribution in [2.24, 2.45) is 5.92 Å². The SMILES string of the molecule is O=C(NCCN1CCOCC1)Nc1ccc(NC(=O)C2CC2)cc1. The van der Waals surface area contributed by atoms with Crippen LogP contribution in [-0.4, -0.2) is 56.2 Å². The van der Waals surface area contributed by atoms with Crippen molar-refractivity contribution in [3.05, 3.63) is 24.3 Å². The van der Waals surface area contributed by atoms with E-state index in [1.807, 2.05) is 0 Å². The Morgan fingerprint density at radius 1 is 1.04 bits per heavy atom. The average Bonchev–Trinajstić information content (AvgIpc) is 3.43. The maximum atomic E-state index is 11.9. The summed E-state index contributed by atoms with van der Waals surface area (Å²) in [5, 5.41) is 8.51. The van der Waals surface area contributed by atoms with E-state index in [0.717, 1.165) is 51.4 Å². The van der Waals surface area contributed by atoms with E-state index in [-0.39, 0.29) is 17.9 Å². The first-order valence-corrected chi connectivity index (χ1v) is 8.46. The molecule has 1 saturated heterocycles. The summed E-state index contributed by atoms with van der Waals surface area (Å²) in [5.74, 6) is 0.261. The summed E-state index contributed by atoms with van der Waals surface area (Å²) < 4.78 is 5.29. The predicted molar refractivity (Wildman–Crippen MR) is 92.1 cm³/mol. The highest BCUT2D eigenvalue weighted by molar-refractivity contribution is 5.94. The molecule has 3 N–H and O–H groups in total. The fraction of sp³-hybridized carbons (Fsp3) is 0.529. The van der Waals surface area contributed by atoms with E-state index in [2.05, 4.69) is 20.9 Å². The zero-order valence-electron chi connectivity index (χ0n) is 13.7. The largest absolute Gasteiger partial charge is 0.379 e. The number of nitrogens with one attached hydrogen (secondary N) is 3. The molecular formula is C17H24N4O3. The molecule has 0 unspecified atom stereocenters. The Bertz CT molecular complexity index is 566. The maximum absolute atomic E-state index is 11.9. The van der Waals surface area contributed by atoms with Crippen LogP contribution in [0.5, 0.6) is 0 Å². The van der Waals surface area contributed by atoms with Gasteiger partial charge in [0.25, 0.3) is 0 Å². The molecule has 24 heavy (non-hydrogen) atoms. The van der Waals surface area contributed by atoms with Gasteiger partial charge in [0.2, 0.25) is 5.91 Å². The van der Waals surface area contributed by atoms with Crippen molar-refractivity contribution in [3.63, 3.8) is 0 Å². The van der Waals surface area contributed by atoms with Crippen molar-refractivity contribution in [2.45, 2.75) is 12.8 Å². The molecule has 0 aromatic heterocycles. The molecule has 1 heterocycles. The van der Waals surface area contributed by atoms with E-state index >= 15 is 0 Å². The second-order valence-electron chi connectivity index (χ2n) is 6.18. The Morgan fingerprint density at radius 3 is 2.29 bits per heavy atom. The molecule has 0 spiro atoms. The van der Waals surface area contributed by atoms with Crippen molar-refractivity contribution >= 4 is 23.3 Å². The van der Waals surface area contributed by atoms with E-state index in [9.17, 15) is 9.59 Å². The Labute approximate surface area is 141 Å². The summed E-state index contributed by atoms with van der Waals surface area (Å²) in [6.07, 6.45) is 1.96. The van der Waals surface area contributed by atoms with Gasteiger partial charge in [-0.3, -0.25) is 9.69 Å². The number of ether oxygens (including phenoxy) is 1. The number of hydrogen-bond donors (Lipinski definition) is 3. The zero-order chi connectivity index (χ0) is 16.8. The van der Waals surface area contributed by atoms with Crippen molar-refractivity contribution in [2.75, 3.05) is 50.0 Å². The summed E-state index contributed by atoms with van der Waals surface area (Å²) in [5.41, 5.74) is 1.45. The number of nitrogens with zero attached hydrogens (tertiary/aromatic N) is 1. The Balaban J connectivity index is 1.36. The van der Waals surface area contributed by atoms with Crippen LogP contribution in [-0.2, 0) is 9.53 Å². The first kappa shape index (κ1) is 16.7. The lowest BCUT2D eigenvalue weighted by molar-refractivity contribution is -0.117. The number of anilines is 2. The van der Waals surface area contributed by atoms with Gasteiger partial charge in [-0.15, -0.1) is 0 Å². The van der Waals surface area contributed by atoms with Gasteiger partial charge in [-0.25, -0.2) is 4.79 Å². The van der Waals surface area contributed by atoms with Crippen LogP contribution in [0.2, 0.25) is 0 Å². The van der Waals surface area contributed by atoms with Gasteiger partial charge in [0.05, 0.1) is 13.2 Å². The zero-order valence-corrected chi connectivity index (χ0v) is 13.7. The quantitative estimate of drug-likeness (QED) is 0.737. The van der Waals surface area contributed by atoms with E-state index in [0.29, 0.717) is 12.2 Å². The molecule has 1 saturated carbocycles. The van der Waals surface area contributed by atoms with Crippen molar-refractivity contribution in [3.8, 4) is 0 Å². The summed E-state index contributed by atoms with van der Waals surface area (Å²) in [7, 11) is 0. The van der Waals surface area contributed by atoms with Crippen LogP contribution >= 0.6 is 0 Å². The van der Waals surface area contributed by atoms with Crippen molar-refractivity contribution < 1.29 is 14.3 Å². The summed E-state index contributed by atoms with van der Waals surface area (Å²) in [4.78, 5) is 25.8. The number of morpholine rings is 1. The highest BCUT2D eigenvalue weighted by atomic mass is 16.5. The molecule has 3 rings (SSSR count). The fourth-order valence-corrected chi connectivity index (χ4v) is 2.55. The summed E-state index contributed by atoms with van der Waals surface area (Å²) in [6.45, 7) is 4.77. The topological polar surface area (TPSA) is 82.7 Å². The lowest BCUT2D eigenvalue weighted by Gasteiger charge is -2.26. The van der Waals surface area contributed by atoms with Gasteiger partial charge in [-0.2, -0.15) is 0 Å². The van der Waals surface area contributed by atoms with Crippen molar-refractivity contribution in [1.82, 2.24) is 10.2 Å². The van der Waals surface area contributed by atoms with Crippen LogP contribution in [0, 0.1) is 5.92 Å². The molecule has 0 radical (unpaired) electrons. The number of urea groups is 1. The molecule has 0 bridgehead atoms. The van der Waals surface area contributed by atoms with Gasteiger partial charge >= 0.3 is 6.03 Å². The highest BCUT2D eigenvalue weighted by Gasteiger charge is 2.29. The molecular weight excluding hydrogens is 308 g/mol. The number of carbonyl (C=O) groups is 2. The Hall–Kier alpha value is -2.12. The standard InChI is InChI=1S/C17H24N4O3/c22-16(13-1-2-13)19-14-3-5-15(6-4-14)20-17(23)18-7-8-21-9-11-24-12-10-21/h3-6,13H,1-2,7-12H2,(H,19,22)(H2,18,20,23). The summed E-state index contributed by atoms with van der Waals surface area (Å²) in [6, 6.07) is 6.93. The molecule has 1 aliphatic carbocycles. The second kappa shape index (κ2) is 8.12. The number of benzene rings is 1. The van der Waals surface area contributed by atoms with Gasteiger partial charge in [0.1, 0.15) is 0 Å². The van der Waals surface area contributed by atoms with E-state index in [4.69, 9.17) is 4.74 Å². The van der Waals surface area contributed by atoms with Gasteiger partial charge < -0.3 is 20.7 Å². The molecule has 1 aromatic carbocycles. The van der Waals surface area contributed by atoms with Crippen LogP contribution in [0.3, 0.4) is 0 Å². The van der Waals surface area contributed by atoms with Gasteiger partial charge in [0, 0.05) is 43.5 Å². The van der Waals surface area contributed by atoms with Crippen molar-refractivity contribution in [1.29, 1.82) is 0 Å². The van der Waals surface area contributed by atoms with Crippen LogP contribution < -0.4 is 16.0 Å². The molecule has 7 heteroatoms. The van der Waals surface area contributed by atoms with Gasteiger partial charge in [-0.1, -0.05) is 0 Å². The minimum absolute atomic E-state index is 0.0802. The van der Waals surface area contributed by atoms with Gasteiger partial charge in [-0.05, 0) is 37.1 Å². The van der Waals surface area contributed by atoms with Crippen LogP contribution in [0.25, 0.3) is 0 Å². The highest BCUT2D eigenvalue weighted by Crippen LogP contribution is 2.30. The number of amides is 3. The molecule has 130 valence electrons. The first-order valence-electron chi connectivity index (χ1n) is 8.46. The third-order valence-electron chi connectivity index (χ3n) is 4.18. The molecule has 1 aliphatic heterocycles. The minimum Gasteiger partial charge on any atom is -0.379 e.